The normalized spacial score (nSPS) is 10.9. The quantitative estimate of drug-likeness (QED) is 0.194. The third kappa shape index (κ3) is 23.2. The Morgan fingerprint density at radius 3 is 1.26 bits per heavy atom. The third-order valence-electron chi connectivity index (χ3n) is 4.48. The summed E-state index contributed by atoms with van der Waals surface area (Å²) in [6.45, 7) is 19.4. The summed E-state index contributed by atoms with van der Waals surface area (Å²) < 4.78 is 59.9. The van der Waals surface area contributed by atoms with Gasteiger partial charge in [0.25, 0.3) is 0 Å². The van der Waals surface area contributed by atoms with Crippen LogP contribution in [0.25, 0.3) is 0 Å². The van der Waals surface area contributed by atoms with E-state index in [-0.39, 0.29) is 62.8 Å². The summed E-state index contributed by atoms with van der Waals surface area (Å²) in [5.41, 5.74) is 1.28. The first-order valence-electron chi connectivity index (χ1n) is 13.9. The minimum atomic E-state index is -0.754. The molecule has 0 aliphatic heterocycles. The number of benzene rings is 2. The first-order valence-corrected chi connectivity index (χ1v) is 15.5. The van der Waals surface area contributed by atoms with Gasteiger partial charge in [-0.2, -0.15) is 0 Å². The summed E-state index contributed by atoms with van der Waals surface area (Å²) >= 11 is 6.52. The Balaban J connectivity index is 0. The molecule has 0 saturated carbocycles. The monoisotopic (exact) mass is 740 g/mol. The minimum Gasteiger partial charge on any atom is -0.392 e. The second-order valence-electron chi connectivity index (χ2n) is 10.4. The maximum atomic E-state index is 13.2. The predicted octanol–water partition coefficient (Wildman–Crippen LogP) is 8.90. The van der Waals surface area contributed by atoms with Gasteiger partial charge in [-0.1, -0.05) is 39.3 Å². The van der Waals surface area contributed by atoms with Crippen molar-refractivity contribution in [3.63, 3.8) is 0 Å². The molecule has 0 unspecified atom stereocenters. The van der Waals surface area contributed by atoms with Crippen LogP contribution in [0.3, 0.4) is 0 Å². The highest BCUT2D eigenvalue weighted by atomic mass is 79.9. The van der Waals surface area contributed by atoms with Gasteiger partial charge in [-0.3, -0.25) is 0 Å². The molecule has 0 aliphatic rings. The van der Waals surface area contributed by atoms with Gasteiger partial charge in [0.2, 0.25) is 0 Å². The van der Waals surface area contributed by atoms with E-state index < -0.39 is 14.6 Å². The molecular formula is C30H50B2Br2F2O7. The zero-order valence-corrected chi connectivity index (χ0v) is 29.5. The average Bonchev–Trinajstić information content (AvgIpc) is 2.84. The maximum absolute atomic E-state index is 13.2. The Bertz CT molecular complexity index is 969. The molecule has 7 nitrogen and oxygen atoms in total. The van der Waals surface area contributed by atoms with Crippen LogP contribution in [0.4, 0.5) is 8.78 Å². The average molecular weight is 742 g/mol. The highest BCUT2D eigenvalue weighted by molar-refractivity contribution is 9.10. The van der Waals surface area contributed by atoms with Crippen molar-refractivity contribution in [1.82, 2.24) is 0 Å². The van der Waals surface area contributed by atoms with Crippen LogP contribution in [0.1, 0.15) is 87.8 Å². The number of aliphatic hydroxyl groups excluding tert-OH is 1. The van der Waals surface area contributed by atoms with E-state index in [2.05, 4.69) is 31.9 Å². The maximum Gasteiger partial charge on any atom is 0.640 e. The van der Waals surface area contributed by atoms with E-state index in [0.29, 0.717) is 11.1 Å². The van der Waals surface area contributed by atoms with Gasteiger partial charge in [0, 0.05) is 39.5 Å². The third-order valence-corrected chi connectivity index (χ3v) is 6.02. The highest BCUT2D eigenvalue weighted by Crippen LogP contribution is 2.20. The molecule has 1 N–H and O–H groups in total. The second kappa shape index (κ2) is 24.4. The summed E-state index contributed by atoms with van der Waals surface area (Å²) in [6.07, 6.45) is 0.312. The SMILES string of the molecule is C.CC(C)OB(OC(C)C)OC(C)C.CC(C)OB(OCc1cc(F)ccc1Br)OC(C)C.OCc1cc(F)ccc1Br. The lowest BCUT2D eigenvalue weighted by molar-refractivity contribution is 0.0334. The van der Waals surface area contributed by atoms with Gasteiger partial charge < -0.3 is 33.0 Å². The van der Waals surface area contributed by atoms with Gasteiger partial charge in [-0.15, -0.1) is 0 Å². The van der Waals surface area contributed by atoms with Crippen LogP contribution in [-0.4, -0.2) is 50.3 Å². The number of hydrogen-bond donors (Lipinski definition) is 1. The van der Waals surface area contributed by atoms with Crippen molar-refractivity contribution in [2.75, 3.05) is 0 Å². The molecule has 0 aromatic heterocycles. The number of rotatable bonds is 14. The molecule has 2 aromatic rings. The van der Waals surface area contributed by atoms with E-state index in [1.807, 2.05) is 69.2 Å². The fourth-order valence-corrected chi connectivity index (χ4v) is 3.53. The minimum absolute atomic E-state index is 0. The van der Waals surface area contributed by atoms with Crippen molar-refractivity contribution in [3.05, 3.63) is 68.1 Å². The van der Waals surface area contributed by atoms with E-state index in [0.717, 1.165) is 8.95 Å². The summed E-state index contributed by atoms with van der Waals surface area (Å²) in [6, 6.07) is 8.66. The van der Waals surface area contributed by atoms with Crippen LogP contribution in [0, 0.1) is 11.6 Å². The number of aliphatic hydroxyl groups is 1. The van der Waals surface area contributed by atoms with Gasteiger partial charge in [0.05, 0.1) is 13.2 Å². The Labute approximate surface area is 275 Å². The van der Waals surface area contributed by atoms with Gasteiger partial charge in [0.1, 0.15) is 11.6 Å². The molecule has 0 aliphatic carbocycles. The first-order chi connectivity index (χ1) is 19.5. The van der Waals surface area contributed by atoms with E-state index in [4.69, 9.17) is 33.0 Å². The second-order valence-corrected chi connectivity index (χ2v) is 12.2. The van der Waals surface area contributed by atoms with Crippen LogP contribution >= 0.6 is 31.9 Å². The Kier molecular flexibility index (Phi) is 25.1. The van der Waals surface area contributed by atoms with Crippen LogP contribution in [0.2, 0.25) is 0 Å². The number of halogens is 4. The largest absolute Gasteiger partial charge is 0.640 e. The summed E-state index contributed by atoms with van der Waals surface area (Å²) in [5.74, 6) is -0.625. The molecule has 0 amide bonds. The van der Waals surface area contributed by atoms with E-state index in [1.54, 1.807) is 12.1 Å². The van der Waals surface area contributed by atoms with Crippen LogP contribution in [-0.2, 0) is 41.1 Å². The van der Waals surface area contributed by atoms with E-state index in [9.17, 15) is 8.78 Å². The fourth-order valence-electron chi connectivity index (χ4n) is 2.79. The highest BCUT2D eigenvalue weighted by Gasteiger charge is 2.26. The molecule has 0 bridgehead atoms. The molecule has 0 heterocycles. The molecule has 0 saturated heterocycles. The van der Waals surface area contributed by atoms with E-state index in [1.165, 1.54) is 24.3 Å². The van der Waals surface area contributed by atoms with Gasteiger partial charge >= 0.3 is 14.6 Å². The van der Waals surface area contributed by atoms with Gasteiger partial charge in [-0.05, 0) is 117 Å². The van der Waals surface area contributed by atoms with Crippen molar-refractivity contribution < 1.29 is 41.8 Å². The summed E-state index contributed by atoms with van der Waals surface area (Å²) in [5, 5.41) is 8.65. The van der Waals surface area contributed by atoms with Crippen LogP contribution in [0.15, 0.2) is 45.3 Å². The Morgan fingerprint density at radius 2 is 0.930 bits per heavy atom. The van der Waals surface area contributed by atoms with Crippen LogP contribution < -0.4 is 0 Å². The summed E-state index contributed by atoms with van der Waals surface area (Å²) in [7, 11) is -1.30. The molecule has 0 atom stereocenters. The molecule has 246 valence electrons. The summed E-state index contributed by atoms with van der Waals surface area (Å²) in [4.78, 5) is 0. The van der Waals surface area contributed by atoms with Gasteiger partial charge in [-0.25, -0.2) is 8.78 Å². The molecule has 13 heteroatoms. The fraction of sp³-hybridized carbons (Fsp3) is 0.600. The molecule has 2 aromatic carbocycles. The van der Waals surface area contributed by atoms with Crippen molar-refractivity contribution in [2.24, 2.45) is 0 Å². The predicted molar refractivity (Wildman–Crippen MR) is 178 cm³/mol. The molecule has 0 fully saturated rings. The van der Waals surface area contributed by atoms with E-state index >= 15 is 0 Å². The lowest BCUT2D eigenvalue weighted by Crippen LogP contribution is -2.34. The Morgan fingerprint density at radius 1 is 0.605 bits per heavy atom. The van der Waals surface area contributed by atoms with Crippen molar-refractivity contribution in [3.8, 4) is 0 Å². The number of hydrogen-bond acceptors (Lipinski definition) is 7. The van der Waals surface area contributed by atoms with Crippen LogP contribution in [0.5, 0.6) is 0 Å². The Hall–Kier alpha value is -0.890. The molecular weight excluding hydrogens is 692 g/mol. The zero-order valence-electron chi connectivity index (χ0n) is 26.3. The molecule has 0 spiro atoms. The molecule has 0 radical (unpaired) electrons. The van der Waals surface area contributed by atoms with Gasteiger partial charge in [0.15, 0.2) is 0 Å². The molecule has 43 heavy (non-hydrogen) atoms. The topological polar surface area (TPSA) is 75.6 Å². The smallest absolute Gasteiger partial charge is 0.392 e. The molecule has 2 rings (SSSR count). The zero-order chi connectivity index (χ0) is 32.4. The lowest BCUT2D eigenvalue weighted by atomic mass is 10.1. The van der Waals surface area contributed by atoms with Crippen molar-refractivity contribution in [1.29, 1.82) is 0 Å². The van der Waals surface area contributed by atoms with Crippen molar-refractivity contribution in [2.45, 2.75) is 120 Å². The standard InChI is InChI=1S/C13H19BBrFO3.C9H21BO3.C7H6BrFO.CH4/c1-9(2)18-14(19-10(3)4)17-8-11-7-12(16)5-6-13(11)15;1-7(2)11-10(12-8(3)4)13-9(5)6;8-7-2-1-6(9)3-5(7)4-10;/h5-7,9-10H,8H2,1-4H3;7-9H,1-6H3;1-3,10H,4H2;1H4. The van der Waals surface area contributed by atoms with Crippen molar-refractivity contribution >= 4 is 46.5 Å². The lowest BCUT2D eigenvalue weighted by Gasteiger charge is -2.20. The first kappa shape index (κ1) is 44.2.